The molecule has 1 heterocycles. The van der Waals surface area contributed by atoms with E-state index >= 15 is 0 Å². The Morgan fingerprint density at radius 3 is 2.19 bits per heavy atom. The van der Waals surface area contributed by atoms with Gasteiger partial charge in [-0.1, -0.05) is 42.8 Å². The number of hydrogen-bond donors (Lipinski definition) is 1. The van der Waals surface area contributed by atoms with Gasteiger partial charge in [0.1, 0.15) is 0 Å². The van der Waals surface area contributed by atoms with Crippen LogP contribution in [-0.2, 0) is 19.4 Å². The predicted molar refractivity (Wildman–Crippen MR) is 120 cm³/mol. The number of amides is 3. The van der Waals surface area contributed by atoms with Crippen molar-refractivity contribution in [1.29, 1.82) is 0 Å². The van der Waals surface area contributed by atoms with Crippen LogP contribution in [0.2, 0.25) is 5.02 Å². The van der Waals surface area contributed by atoms with Gasteiger partial charge in [0.25, 0.3) is 11.8 Å². The molecule has 8 nitrogen and oxygen atoms in total. The van der Waals surface area contributed by atoms with E-state index in [0.29, 0.717) is 24.5 Å². The number of nitrogens with zero attached hydrogens (tertiary/aromatic N) is 2. The summed E-state index contributed by atoms with van der Waals surface area (Å²) >= 11 is 5.94. The summed E-state index contributed by atoms with van der Waals surface area (Å²) in [4.78, 5) is 40.9. The summed E-state index contributed by atoms with van der Waals surface area (Å²) in [6, 6.07) is 13.5. The number of sulfone groups is 1. The van der Waals surface area contributed by atoms with Gasteiger partial charge in [-0.2, -0.15) is 0 Å². The quantitative estimate of drug-likeness (QED) is 0.684. The number of piperazine rings is 1. The molecule has 1 saturated heterocycles. The smallest absolute Gasteiger partial charge is 0.261 e. The van der Waals surface area contributed by atoms with Crippen LogP contribution in [0.3, 0.4) is 0 Å². The van der Waals surface area contributed by atoms with E-state index in [1.165, 1.54) is 29.2 Å². The molecule has 1 aliphatic heterocycles. The molecule has 3 rings (SSSR count). The minimum Gasteiger partial charge on any atom is -0.339 e. The molecule has 2 aromatic rings. The average molecular weight is 478 g/mol. The molecule has 0 unspecified atom stereocenters. The van der Waals surface area contributed by atoms with Gasteiger partial charge in [0.2, 0.25) is 21.1 Å². The first kappa shape index (κ1) is 23.7. The van der Waals surface area contributed by atoms with Crippen LogP contribution in [0.25, 0.3) is 0 Å². The first-order chi connectivity index (χ1) is 15.2. The summed E-state index contributed by atoms with van der Waals surface area (Å²) < 4.78 is 26.6. The van der Waals surface area contributed by atoms with Crippen molar-refractivity contribution in [2.75, 3.05) is 26.2 Å². The zero-order valence-corrected chi connectivity index (χ0v) is 19.1. The van der Waals surface area contributed by atoms with Crippen molar-refractivity contribution < 1.29 is 22.8 Å². The Morgan fingerprint density at radius 2 is 1.59 bits per heavy atom. The minimum atomic E-state index is -4.23. The normalized spacial score (nSPS) is 15.2. The fourth-order valence-electron chi connectivity index (χ4n) is 3.42. The highest BCUT2D eigenvalue weighted by Crippen LogP contribution is 2.19. The second-order valence-corrected chi connectivity index (χ2v) is 9.75. The van der Waals surface area contributed by atoms with Gasteiger partial charge < -0.3 is 15.1 Å². The third-order valence-electron chi connectivity index (χ3n) is 5.20. The van der Waals surface area contributed by atoms with Crippen molar-refractivity contribution in [2.24, 2.45) is 0 Å². The van der Waals surface area contributed by atoms with E-state index in [2.05, 4.69) is 5.32 Å². The van der Waals surface area contributed by atoms with E-state index in [1.54, 1.807) is 42.2 Å². The van der Waals surface area contributed by atoms with Crippen molar-refractivity contribution in [3.05, 3.63) is 65.2 Å². The Hall–Kier alpha value is -2.91. The number of carbonyl (C=O) groups excluding carboxylic acids is 3. The molecule has 0 radical (unpaired) electrons. The van der Waals surface area contributed by atoms with Gasteiger partial charge in [-0.05, 0) is 30.3 Å². The second kappa shape index (κ2) is 10.1. The van der Waals surface area contributed by atoms with Crippen LogP contribution in [0.4, 0.5) is 0 Å². The van der Waals surface area contributed by atoms with Crippen LogP contribution in [-0.4, -0.2) is 67.5 Å². The largest absolute Gasteiger partial charge is 0.339 e. The van der Waals surface area contributed by atoms with Crippen LogP contribution >= 0.6 is 11.6 Å². The Balaban J connectivity index is 1.88. The monoisotopic (exact) mass is 477 g/mol. The van der Waals surface area contributed by atoms with E-state index < -0.39 is 27.0 Å². The maximum atomic E-state index is 13.3. The number of halogens is 1. The molecule has 0 bridgehead atoms. The zero-order valence-electron chi connectivity index (χ0n) is 17.5. The van der Waals surface area contributed by atoms with Crippen molar-refractivity contribution in [1.82, 2.24) is 15.1 Å². The van der Waals surface area contributed by atoms with Gasteiger partial charge in [0.15, 0.2) is 0 Å². The van der Waals surface area contributed by atoms with Crippen LogP contribution in [0.15, 0.2) is 59.5 Å². The number of nitrogens with one attached hydrogen (secondary N) is 1. The highest BCUT2D eigenvalue weighted by Gasteiger charge is 2.39. The fraction of sp³-hybridized carbons (Fsp3) is 0.318. The molecule has 0 spiro atoms. The van der Waals surface area contributed by atoms with E-state index in [9.17, 15) is 22.8 Å². The molecule has 32 heavy (non-hydrogen) atoms. The molecule has 0 aromatic heterocycles. The number of rotatable bonds is 6. The third kappa shape index (κ3) is 5.28. The van der Waals surface area contributed by atoms with E-state index in [1.807, 2.05) is 0 Å². The highest BCUT2D eigenvalue weighted by atomic mass is 35.5. The van der Waals surface area contributed by atoms with Crippen LogP contribution in [0.5, 0.6) is 0 Å². The zero-order chi connectivity index (χ0) is 23.3. The summed E-state index contributed by atoms with van der Waals surface area (Å²) in [5.41, 5.74) is 0.136. The Bertz CT molecular complexity index is 1100. The standard InChI is InChI=1S/C22H24ClN3O5S/c1-2-19(27)25-11-13-26(14-12-25)22(29)21(32(30,31)18-9-4-3-5-10-18)24-20(28)16-7-6-8-17(23)15-16/h3-10,15,21H,2,11-14H2,1H3,(H,24,28)/t21-/m0/s1. The highest BCUT2D eigenvalue weighted by molar-refractivity contribution is 7.92. The fourth-order valence-corrected chi connectivity index (χ4v) is 5.09. The van der Waals surface area contributed by atoms with E-state index in [4.69, 9.17) is 11.6 Å². The van der Waals surface area contributed by atoms with Gasteiger partial charge >= 0.3 is 0 Å². The predicted octanol–water partition coefficient (Wildman–Crippen LogP) is 1.95. The van der Waals surface area contributed by atoms with E-state index in [0.717, 1.165) is 0 Å². The van der Waals surface area contributed by atoms with Crippen molar-refractivity contribution >= 4 is 39.2 Å². The summed E-state index contributed by atoms with van der Waals surface area (Å²) in [6.45, 7) is 2.72. The molecule has 0 aliphatic carbocycles. The van der Waals surface area contributed by atoms with Gasteiger partial charge in [-0.3, -0.25) is 14.4 Å². The molecule has 1 atom stereocenters. The summed E-state index contributed by atoms with van der Waals surface area (Å²) in [7, 11) is -4.23. The molecule has 2 aromatic carbocycles. The molecule has 1 fully saturated rings. The molecule has 1 aliphatic rings. The summed E-state index contributed by atoms with van der Waals surface area (Å²) in [5, 5.41) is 0.878. The number of carbonyl (C=O) groups is 3. The van der Waals surface area contributed by atoms with Crippen molar-refractivity contribution in [2.45, 2.75) is 23.6 Å². The lowest BCUT2D eigenvalue weighted by atomic mass is 10.2. The van der Waals surface area contributed by atoms with Gasteiger partial charge in [-0.15, -0.1) is 0 Å². The molecule has 1 N–H and O–H groups in total. The lowest BCUT2D eigenvalue weighted by molar-refractivity contribution is -0.139. The Morgan fingerprint density at radius 1 is 0.969 bits per heavy atom. The van der Waals surface area contributed by atoms with Gasteiger partial charge in [0.05, 0.1) is 4.90 Å². The first-order valence-electron chi connectivity index (χ1n) is 10.2. The topological polar surface area (TPSA) is 104 Å². The Kier molecular flexibility index (Phi) is 7.52. The summed E-state index contributed by atoms with van der Waals surface area (Å²) in [6.07, 6.45) is 0.356. The maximum Gasteiger partial charge on any atom is 0.261 e. The second-order valence-electron chi connectivity index (χ2n) is 7.28. The first-order valence-corrected chi connectivity index (χ1v) is 12.1. The lowest BCUT2D eigenvalue weighted by Gasteiger charge is -2.36. The van der Waals surface area contributed by atoms with Crippen LogP contribution in [0.1, 0.15) is 23.7 Å². The SMILES string of the molecule is CCC(=O)N1CCN(C(=O)[C@@H](NC(=O)c2cccc(Cl)c2)S(=O)(=O)c2ccccc2)CC1. The van der Waals surface area contributed by atoms with Gasteiger partial charge in [-0.25, -0.2) is 8.42 Å². The third-order valence-corrected chi connectivity index (χ3v) is 7.31. The molecule has 170 valence electrons. The van der Waals surface area contributed by atoms with E-state index in [-0.39, 0.29) is 29.5 Å². The number of benzene rings is 2. The van der Waals surface area contributed by atoms with Crippen LogP contribution in [0, 0.1) is 0 Å². The Labute approximate surface area is 192 Å². The lowest BCUT2D eigenvalue weighted by Crippen LogP contribution is -2.57. The van der Waals surface area contributed by atoms with Gasteiger partial charge in [0, 0.05) is 43.2 Å². The van der Waals surface area contributed by atoms with Crippen LogP contribution < -0.4 is 5.32 Å². The average Bonchev–Trinajstić information content (AvgIpc) is 2.82. The molecule has 0 saturated carbocycles. The number of hydrogen-bond acceptors (Lipinski definition) is 5. The maximum absolute atomic E-state index is 13.3. The molecule has 10 heteroatoms. The molecular weight excluding hydrogens is 454 g/mol. The molecule has 3 amide bonds. The summed E-state index contributed by atoms with van der Waals surface area (Å²) in [5.74, 6) is -1.50. The molecular formula is C22H24ClN3O5S. The van der Waals surface area contributed by atoms with Crippen molar-refractivity contribution in [3.63, 3.8) is 0 Å². The van der Waals surface area contributed by atoms with Crippen molar-refractivity contribution in [3.8, 4) is 0 Å². The minimum absolute atomic E-state index is 0.0279.